The van der Waals surface area contributed by atoms with Gasteiger partial charge in [-0.15, -0.1) is 0 Å². The lowest BCUT2D eigenvalue weighted by atomic mass is 9.75. The molecule has 5 nitrogen and oxygen atoms in total. The number of carbonyl (C=O) groups excluding carboxylic acids is 2. The summed E-state index contributed by atoms with van der Waals surface area (Å²) in [5.74, 6) is -0.385. The number of fused-ring (bicyclic) bond motifs is 2. The van der Waals surface area contributed by atoms with Gasteiger partial charge in [-0.2, -0.15) is 0 Å². The number of likely N-dealkylation sites (N-methyl/N-ethyl adjacent to an activating group) is 1. The molecule has 0 fully saturated rings. The van der Waals surface area contributed by atoms with Crippen molar-refractivity contribution < 1.29 is 14.3 Å². The lowest BCUT2D eigenvalue weighted by Crippen LogP contribution is -2.47. The van der Waals surface area contributed by atoms with Crippen molar-refractivity contribution in [3.8, 4) is 0 Å². The van der Waals surface area contributed by atoms with E-state index in [0.29, 0.717) is 23.7 Å². The van der Waals surface area contributed by atoms with Gasteiger partial charge < -0.3 is 9.64 Å². The van der Waals surface area contributed by atoms with Crippen LogP contribution >= 0.6 is 11.6 Å². The maximum absolute atomic E-state index is 13.3. The summed E-state index contributed by atoms with van der Waals surface area (Å²) in [7, 11) is 1.77. The first-order valence-electron chi connectivity index (χ1n) is 9.33. The van der Waals surface area contributed by atoms with Crippen LogP contribution in [-0.4, -0.2) is 30.5 Å². The van der Waals surface area contributed by atoms with Gasteiger partial charge >= 0.3 is 5.97 Å². The molecule has 1 aromatic heterocycles. The van der Waals surface area contributed by atoms with Gasteiger partial charge in [0.1, 0.15) is 0 Å². The van der Waals surface area contributed by atoms with Crippen molar-refractivity contribution in [2.45, 2.75) is 32.1 Å². The number of hydrogen-bond donors (Lipinski definition) is 0. The van der Waals surface area contributed by atoms with Crippen LogP contribution in [0.5, 0.6) is 0 Å². The van der Waals surface area contributed by atoms with Crippen LogP contribution in [0.25, 0.3) is 21.7 Å². The van der Waals surface area contributed by atoms with Crippen molar-refractivity contribution in [3.05, 3.63) is 47.1 Å². The maximum Gasteiger partial charge on any atom is 0.305 e. The molecule has 0 spiro atoms. The van der Waals surface area contributed by atoms with Gasteiger partial charge in [-0.25, -0.2) is 0 Å². The van der Waals surface area contributed by atoms with Gasteiger partial charge in [-0.05, 0) is 43.9 Å². The highest BCUT2D eigenvalue weighted by Gasteiger charge is 2.45. The number of anilines is 1. The molecule has 144 valence electrons. The van der Waals surface area contributed by atoms with E-state index in [2.05, 4.69) is 0 Å². The lowest BCUT2D eigenvalue weighted by Gasteiger charge is -2.38. The zero-order valence-electron chi connectivity index (χ0n) is 16.1. The zero-order chi connectivity index (χ0) is 20.1. The van der Waals surface area contributed by atoms with Gasteiger partial charge in [0.25, 0.3) is 0 Å². The average Bonchev–Trinajstić information content (AvgIpc) is 2.68. The van der Waals surface area contributed by atoms with E-state index in [1.165, 1.54) is 0 Å². The van der Waals surface area contributed by atoms with E-state index in [0.717, 1.165) is 27.4 Å². The molecule has 0 aliphatic carbocycles. The van der Waals surface area contributed by atoms with E-state index in [-0.39, 0.29) is 18.3 Å². The highest BCUT2D eigenvalue weighted by Crippen LogP contribution is 2.45. The van der Waals surface area contributed by atoms with Crippen LogP contribution in [0.1, 0.15) is 32.4 Å². The topological polar surface area (TPSA) is 59.5 Å². The fourth-order valence-electron chi connectivity index (χ4n) is 4.09. The summed E-state index contributed by atoms with van der Waals surface area (Å²) in [5, 5.41) is 3.55. The first kappa shape index (κ1) is 18.7. The minimum Gasteiger partial charge on any atom is -0.466 e. The van der Waals surface area contributed by atoms with Crippen molar-refractivity contribution >= 4 is 50.8 Å². The van der Waals surface area contributed by atoms with E-state index in [1.54, 1.807) is 18.9 Å². The fourth-order valence-corrected chi connectivity index (χ4v) is 4.25. The van der Waals surface area contributed by atoms with Crippen molar-refractivity contribution in [1.29, 1.82) is 0 Å². The molecule has 1 unspecified atom stereocenters. The molecule has 0 saturated heterocycles. The third-order valence-electron chi connectivity index (χ3n) is 5.56. The molecule has 0 saturated carbocycles. The molecule has 1 aliphatic heterocycles. The standard InChI is InChI=1S/C22H21ClN2O3/c1-4-28-18(26)10-11-22(2)20-19-15(6-5-7-17(19)25(3)21(22)27)14-9-8-13(23)12-16(14)24-20/h5-9,12H,4,10-11H2,1-3H3. The molecule has 0 N–H and O–H groups in total. The molecular formula is C22H21ClN2O3. The Balaban J connectivity index is 1.98. The van der Waals surface area contributed by atoms with E-state index in [1.807, 2.05) is 43.3 Å². The van der Waals surface area contributed by atoms with E-state index in [4.69, 9.17) is 21.3 Å². The minimum absolute atomic E-state index is 0.0781. The summed E-state index contributed by atoms with van der Waals surface area (Å²) in [4.78, 5) is 31.9. The zero-order valence-corrected chi connectivity index (χ0v) is 16.8. The Hall–Kier alpha value is -2.66. The van der Waals surface area contributed by atoms with Crippen molar-refractivity contribution in [1.82, 2.24) is 4.98 Å². The molecule has 1 amide bonds. The summed E-state index contributed by atoms with van der Waals surface area (Å²) in [6.07, 6.45) is 0.486. The number of benzene rings is 2. The van der Waals surface area contributed by atoms with Gasteiger partial charge in [0.2, 0.25) is 5.91 Å². The van der Waals surface area contributed by atoms with Gasteiger partial charge in [-0.3, -0.25) is 14.6 Å². The number of ether oxygens (including phenoxy) is 1. The Morgan fingerprint density at radius 2 is 2.04 bits per heavy atom. The molecule has 0 bridgehead atoms. The number of halogens is 1. The molecule has 4 rings (SSSR count). The lowest BCUT2D eigenvalue weighted by molar-refractivity contribution is -0.143. The molecule has 3 aromatic rings. The van der Waals surface area contributed by atoms with Crippen LogP contribution in [0, 0.1) is 0 Å². The number of rotatable bonds is 4. The summed E-state index contributed by atoms with van der Waals surface area (Å²) in [6.45, 7) is 3.95. The van der Waals surface area contributed by atoms with Crippen LogP contribution in [0.4, 0.5) is 5.69 Å². The fraction of sp³-hybridized carbons (Fsp3) is 0.318. The smallest absolute Gasteiger partial charge is 0.305 e. The summed E-state index contributed by atoms with van der Waals surface area (Å²) < 4.78 is 5.07. The molecule has 28 heavy (non-hydrogen) atoms. The second kappa shape index (κ2) is 6.74. The van der Waals surface area contributed by atoms with E-state index < -0.39 is 5.41 Å². The number of aromatic nitrogens is 1. The van der Waals surface area contributed by atoms with Crippen LogP contribution in [0.3, 0.4) is 0 Å². The predicted molar refractivity (Wildman–Crippen MR) is 111 cm³/mol. The van der Waals surface area contributed by atoms with Crippen LogP contribution in [0.15, 0.2) is 36.4 Å². The Morgan fingerprint density at radius 1 is 1.25 bits per heavy atom. The molecule has 0 radical (unpaired) electrons. The second-order valence-electron chi connectivity index (χ2n) is 7.32. The summed E-state index contributed by atoms with van der Waals surface area (Å²) >= 11 is 6.19. The van der Waals surface area contributed by atoms with Gasteiger partial charge in [-0.1, -0.05) is 29.8 Å². The minimum atomic E-state index is -0.926. The van der Waals surface area contributed by atoms with Gasteiger partial charge in [0.05, 0.1) is 28.9 Å². The van der Waals surface area contributed by atoms with Gasteiger partial charge in [0.15, 0.2) is 0 Å². The number of pyridine rings is 1. The molecule has 2 heterocycles. The normalized spacial score (nSPS) is 18.7. The number of nitrogens with zero attached hydrogens (tertiary/aromatic N) is 2. The molecular weight excluding hydrogens is 376 g/mol. The monoisotopic (exact) mass is 396 g/mol. The molecule has 6 heteroatoms. The van der Waals surface area contributed by atoms with E-state index in [9.17, 15) is 9.59 Å². The Morgan fingerprint density at radius 3 is 2.79 bits per heavy atom. The Labute approximate surface area is 168 Å². The van der Waals surface area contributed by atoms with Crippen LogP contribution < -0.4 is 4.90 Å². The first-order chi connectivity index (χ1) is 13.4. The largest absolute Gasteiger partial charge is 0.466 e. The second-order valence-corrected chi connectivity index (χ2v) is 7.76. The number of amides is 1. The third-order valence-corrected chi connectivity index (χ3v) is 5.79. The number of esters is 1. The van der Waals surface area contributed by atoms with Crippen molar-refractivity contribution in [2.24, 2.45) is 0 Å². The highest BCUT2D eigenvalue weighted by atomic mass is 35.5. The Kier molecular flexibility index (Phi) is 4.50. The van der Waals surface area contributed by atoms with Crippen LogP contribution in [-0.2, 0) is 19.7 Å². The number of carbonyl (C=O) groups is 2. The quantitative estimate of drug-likeness (QED) is 0.477. The first-order valence-corrected chi connectivity index (χ1v) is 9.71. The third kappa shape index (κ3) is 2.73. The predicted octanol–water partition coefficient (Wildman–Crippen LogP) is 4.62. The van der Waals surface area contributed by atoms with Crippen molar-refractivity contribution in [2.75, 3.05) is 18.6 Å². The van der Waals surface area contributed by atoms with E-state index >= 15 is 0 Å². The maximum atomic E-state index is 13.3. The van der Waals surface area contributed by atoms with Crippen LogP contribution in [0.2, 0.25) is 5.02 Å². The van der Waals surface area contributed by atoms with Gasteiger partial charge in [0, 0.05) is 29.3 Å². The molecule has 1 aliphatic rings. The summed E-state index contributed by atoms with van der Waals surface area (Å²) in [6, 6.07) is 11.5. The van der Waals surface area contributed by atoms with Crippen molar-refractivity contribution in [3.63, 3.8) is 0 Å². The molecule has 2 aromatic carbocycles. The highest BCUT2D eigenvalue weighted by molar-refractivity contribution is 6.31. The summed E-state index contributed by atoms with van der Waals surface area (Å²) in [5.41, 5.74) is 1.34. The Bertz CT molecular complexity index is 1130. The molecule has 1 atom stereocenters. The SMILES string of the molecule is CCOC(=O)CCC1(C)C(=O)N(C)c2cccc3c2c1nc1cc(Cl)ccc13. The number of hydrogen-bond acceptors (Lipinski definition) is 4. The average molecular weight is 397 g/mol.